The highest BCUT2D eigenvalue weighted by Gasteiger charge is 2.10. The second-order valence-electron chi connectivity index (χ2n) is 4.17. The number of aromatic nitrogens is 1. The van der Waals surface area contributed by atoms with E-state index >= 15 is 0 Å². The van der Waals surface area contributed by atoms with Gasteiger partial charge in [-0.1, -0.05) is 30.6 Å². The van der Waals surface area contributed by atoms with Crippen LogP contribution >= 0.6 is 0 Å². The predicted molar refractivity (Wildman–Crippen MR) is 68.2 cm³/mol. The van der Waals surface area contributed by atoms with Gasteiger partial charge >= 0.3 is 5.97 Å². The van der Waals surface area contributed by atoms with Gasteiger partial charge < -0.3 is 14.4 Å². The van der Waals surface area contributed by atoms with Crippen molar-refractivity contribution in [3.63, 3.8) is 0 Å². The van der Waals surface area contributed by atoms with E-state index in [4.69, 9.17) is 14.4 Å². The summed E-state index contributed by atoms with van der Waals surface area (Å²) >= 11 is 0. The summed E-state index contributed by atoms with van der Waals surface area (Å²) in [6, 6.07) is 9.16. The van der Waals surface area contributed by atoms with Gasteiger partial charge in [-0.05, 0) is 24.1 Å². The quantitative estimate of drug-likeness (QED) is 0.865. The van der Waals surface area contributed by atoms with Gasteiger partial charge in [0.25, 0.3) is 0 Å². The van der Waals surface area contributed by atoms with Crippen molar-refractivity contribution < 1.29 is 19.2 Å². The Hall–Kier alpha value is -2.30. The number of rotatable bonds is 6. The lowest BCUT2D eigenvalue weighted by atomic mass is 10.1. The monoisotopic (exact) mass is 261 g/mol. The van der Waals surface area contributed by atoms with Crippen molar-refractivity contribution in [2.24, 2.45) is 0 Å². The zero-order chi connectivity index (χ0) is 13.7. The van der Waals surface area contributed by atoms with E-state index in [-0.39, 0.29) is 12.3 Å². The third kappa shape index (κ3) is 3.58. The van der Waals surface area contributed by atoms with Crippen LogP contribution in [-0.2, 0) is 13.0 Å². The molecule has 2 rings (SSSR count). The molecule has 5 heteroatoms. The fraction of sp³-hybridized carbons (Fsp3) is 0.286. The first-order valence-electron chi connectivity index (χ1n) is 6.09. The minimum atomic E-state index is -1.11. The van der Waals surface area contributed by atoms with E-state index in [9.17, 15) is 4.79 Å². The SMILES string of the molecule is CCCc1ccc(OCc2cc(C(=O)O)no2)cc1. The first-order chi connectivity index (χ1) is 9.19. The second kappa shape index (κ2) is 6.04. The molecule has 19 heavy (non-hydrogen) atoms. The van der Waals surface area contributed by atoms with E-state index in [1.54, 1.807) is 0 Å². The fourth-order valence-corrected chi connectivity index (χ4v) is 1.68. The summed E-state index contributed by atoms with van der Waals surface area (Å²) in [6.45, 7) is 2.29. The molecule has 0 amide bonds. The summed E-state index contributed by atoms with van der Waals surface area (Å²) in [5.74, 6) is -0.0120. The van der Waals surface area contributed by atoms with Crippen LogP contribution in [0, 0.1) is 0 Å². The summed E-state index contributed by atoms with van der Waals surface area (Å²) < 4.78 is 10.3. The molecule has 1 aromatic heterocycles. The van der Waals surface area contributed by atoms with Crippen molar-refractivity contribution in [1.82, 2.24) is 5.16 Å². The van der Waals surface area contributed by atoms with E-state index < -0.39 is 5.97 Å². The second-order valence-corrected chi connectivity index (χ2v) is 4.17. The molecule has 100 valence electrons. The summed E-state index contributed by atoms with van der Waals surface area (Å²) in [5.41, 5.74) is 1.15. The molecule has 0 aliphatic heterocycles. The highest BCUT2D eigenvalue weighted by molar-refractivity contribution is 5.85. The van der Waals surface area contributed by atoms with Gasteiger partial charge in [-0.25, -0.2) is 4.79 Å². The zero-order valence-corrected chi connectivity index (χ0v) is 10.6. The van der Waals surface area contributed by atoms with Gasteiger partial charge in [0.15, 0.2) is 11.5 Å². The number of ether oxygens (including phenoxy) is 1. The molecule has 0 unspecified atom stereocenters. The van der Waals surface area contributed by atoms with Gasteiger partial charge in [-0.15, -0.1) is 0 Å². The van der Waals surface area contributed by atoms with Crippen LogP contribution in [0.25, 0.3) is 0 Å². The third-order valence-electron chi connectivity index (χ3n) is 2.62. The molecule has 0 atom stereocenters. The number of aromatic carboxylic acids is 1. The highest BCUT2D eigenvalue weighted by Crippen LogP contribution is 2.15. The molecule has 0 fully saturated rings. The number of carbonyl (C=O) groups is 1. The molecule has 1 N–H and O–H groups in total. The molecule has 0 bridgehead atoms. The maximum Gasteiger partial charge on any atom is 0.358 e. The molecule has 0 saturated heterocycles. The molecular formula is C14H15NO4. The maximum atomic E-state index is 10.6. The Balaban J connectivity index is 1.92. The summed E-state index contributed by atoms with van der Waals surface area (Å²) in [7, 11) is 0. The number of benzene rings is 1. The minimum Gasteiger partial charge on any atom is -0.486 e. The largest absolute Gasteiger partial charge is 0.486 e. The normalized spacial score (nSPS) is 10.4. The van der Waals surface area contributed by atoms with Gasteiger partial charge in [0.05, 0.1) is 0 Å². The summed E-state index contributed by atoms with van der Waals surface area (Å²) in [5, 5.41) is 12.1. The topological polar surface area (TPSA) is 72.6 Å². The minimum absolute atomic E-state index is 0.114. The highest BCUT2D eigenvalue weighted by atomic mass is 16.5. The number of carboxylic acid groups (broad SMARTS) is 1. The molecular weight excluding hydrogens is 246 g/mol. The molecule has 0 saturated carbocycles. The number of carboxylic acids is 1. The van der Waals surface area contributed by atoms with Crippen molar-refractivity contribution in [3.05, 3.63) is 47.3 Å². The van der Waals surface area contributed by atoms with Crippen LogP contribution in [0.4, 0.5) is 0 Å². The molecule has 0 spiro atoms. The van der Waals surface area contributed by atoms with Crippen molar-refractivity contribution >= 4 is 5.97 Å². The van der Waals surface area contributed by atoms with Crippen LogP contribution < -0.4 is 4.74 Å². The van der Waals surface area contributed by atoms with Crippen molar-refractivity contribution in [3.8, 4) is 5.75 Å². The number of aryl methyl sites for hydroxylation is 1. The Morgan fingerprint density at radius 3 is 2.68 bits per heavy atom. The van der Waals surface area contributed by atoms with Crippen LogP contribution in [0.3, 0.4) is 0 Å². The lowest BCUT2D eigenvalue weighted by Crippen LogP contribution is -1.96. The Morgan fingerprint density at radius 1 is 1.37 bits per heavy atom. The molecule has 2 aromatic rings. The van der Waals surface area contributed by atoms with Gasteiger partial charge in [0, 0.05) is 6.07 Å². The number of hydrogen-bond donors (Lipinski definition) is 1. The third-order valence-corrected chi connectivity index (χ3v) is 2.62. The van der Waals surface area contributed by atoms with Crippen molar-refractivity contribution in [2.75, 3.05) is 0 Å². The van der Waals surface area contributed by atoms with E-state index in [1.807, 2.05) is 24.3 Å². The lowest BCUT2D eigenvalue weighted by Gasteiger charge is -2.04. The molecule has 0 radical (unpaired) electrons. The average molecular weight is 261 g/mol. The van der Waals surface area contributed by atoms with Gasteiger partial charge in [-0.3, -0.25) is 0 Å². The zero-order valence-electron chi connectivity index (χ0n) is 10.6. The number of hydrogen-bond acceptors (Lipinski definition) is 4. The predicted octanol–water partition coefficient (Wildman–Crippen LogP) is 2.90. The van der Waals surface area contributed by atoms with Crippen LogP contribution in [0.15, 0.2) is 34.9 Å². The van der Waals surface area contributed by atoms with Crippen molar-refractivity contribution in [2.45, 2.75) is 26.4 Å². The van der Waals surface area contributed by atoms with Gasteiger partial charge in [0.2, 0.25) is 0 Å². The van der Waals surface area contributed by atoms with Crippen LogP contribution in [0.2, 0.25) is 0 Å². The summed E-state index contributed by atoms with van der Waals surface area (Å²) in [4.78, 5) is 10.6. The fourth-order valence-electron chi connectivity index (χ4n) is 1.68. The van der Waals surface area contributed by atoms with Crippen molar-refractivity contribution in [1.29, 1.82) is 0 Å². The molecule has 5 nitrogen and oxygen atoms in total. The lowest BCUT2D eigenvalue weighted by molar-refractivity contribution is 0.0685. The first-order valence-corrected chi connectivity index (χ1v) is 6.09. The molecule has 1 aromatic carbocycles. The van der Waals surface area contributed by atoms with Crippen LogP contribution in [0.5, 0.6) is 5.75 Å². The Morgan fingerprint density at radius 2 is 2.11 bits per heavy atom. The van der Waals surface area contributed by atoms with Gasteiger partial charge in [-0.2, -0.15) is 0 Å². The molecule has 1 heterocycles. The number of nitrogens with zero attached hydrogens (tertiary/aromatic N) is 1. The maximum absolute atomic E-state index is 10.6. The van der Waals surface area contributed by atoms with Crippen LogP contribution in [0.1, 0.15) is 35.2 Å². The Kier molecular flexibility index (Phi) is 4.18. The molecule has 0 aliphatic carbocycles. The average Bonchev–Trinajstić information content (AvgIpc) is 2.87. The van der Waals surface area contributed by atoms with Crippen LogP contribution in [-0.4, -0.2) is 16.2 Å². The molecule has 0 aliphatic rings. The van der Waals surface area contributed by atoms with E-state index in [1.165, 1.54) is 11.6 Å². The smallest absolute Gasteiger partial charge is 0.358 e. The first kappa shape index (κ1) is 13.1. The van der Waals surface area contributed by atoms with E-state index in [0.717, 1.165) is 12.8 Å². The Bertz CT molecular complexity index is 545. The standard InChI is InChI=1S/C14H15NO4/c1-2-3-10-4-6-11(7-5-10)18-9-12-8-13(14(16)17)15-19-12/h4-8H,2-3,9H2,1H3,(H,16,17). The Labute approximate surface area is 110 Å². The van der Waals surface area contributed by atoms with Gasteiger partial charge in [0.1, 0.15) is 12.4 Å². The van der Waals surface area contributed by atoms with E-state index in [0.29, 0.717) is 11.5 Å². The summed E-state index contributed by atoms with van der Waals surface area (Å²) in [6.07, 6.45) is 2.15. The van der Waals surface area contributed by atoms with E-state index in [2.05, 4.69) is 12.1 Å².